The maximum atomic E-state index is 12.0. The summed E-state index contributed by atoms with van der Waals surface area (Å²) in [6.07, 6.45) is 0.824. The van der Waals surface area contributed by atoms with Crippen LogP contribution in [0.15, 0.2) is 48.5 Å². The van der Waals surface area contributed by atoms with Gasteiger partial charge in [0.15, 0.2) is 0 Å². The van der Waals surface area contributed by atoms with E-state index in [1.54, 1.807) is 0 Å². The minimum atomic E-state index is -0.235. The molecule has 3 rings (SSSR count). The van der Waals surface area contributed by atoms with E-state index in [2.05, 4.69) is 22.8 Å². The van der Waals surface area contributed by atoms with Gasteiger partial charge in [0.05, 0.1) is 19.3 Å². The van der Waals surface area contributed by atoms with Crippen molar-refractivity contribution in [2.45, 2.75) is 26.1 Å². The summed E-state index contributed by atoms with van der Waals surface area (Å²) in [5.41, 5.74) is 3.25. The van der Waals surface area contributed by atoms with Crippen molar-refractivity contribution in [1.29, 1.82) is 0 Å². The topological polar surface area (TPSA) is 59.6 Å². The summed E-state index contributed by atoms with van der Waals surface area (Å²) in [6, 6.07) is 15.3. The quantitative estimate of drug-likeness (QED) is 0.886. The number of urea groups is 1. The summed E-state index contributed by atoms with van der Waals surface area (Å²) in [5.74, 6) is 0.790. The zero-order valence-electron chi connectivity index (χ0n) is 13.7. The van der Waals surface area contributed by atoms with Crippen molar-refractivity contribution in [3.63, 3.8) is 0 Å². The van der Waals surface area contributed by atoms with Crippen LogP contribution in [-0.4, -0.2) is 25.3 Å². The zero-order valence-corrected chi connectivity index (χ0v) is 13.7. The maximum absolute atomic E-state index is 12.0. The molecule has 0 aliphatic carbocycles. The van der Waals surface area contributed by atoms with Crippen molar-refractivity contribution in [3.8, 4) is 5.75 Å². The Hall–Kier alpha value is -2.53. The number of carbonyl (C=O) groups is 1. The third kappa shape index (κ3) is 4.26. The second kappa shape index (κ2) is 7.84. The SMILES string of the molecule is CCOc1ccc(NC(=O)NCC2Cc3ccccc3CO2)cc1. The Bertz CT molecular complexity index is 685. The highest BCUT2D eigenvalue weighted by Gasteiger charge is 2.19. The number of rotatable bonds is 5. The molecule has 2 aromatic rings. The predicted molar refractivity (Wildman–Crippen MR) is 93.4 cm³/mol. The Morgan fingerprint density at radius 1 is 1.17 bits per heavy atom. The summed E-state index contributed by atoms with van der Waals surface area (Å²) < 4.78 is 11.2. The Balaban J connectivity index is 1.46. The standard InChI is InChI=1S/C19H22N2O3/c1-2-23-17-9-7-16(8-10-17)21-19(22)20-12-18-11-14-5-3-4-6-15(14)13-24-18/h3-10,18H,2,11-13H2,1H3,(H2,20,21,22). The molecule has 0 aromatic heterocycles. The smallest absolute Gasteiger partial charge is 0.319 e. The van der Waals surface area contributed by atoms with Crippen LogP contribution in [0.3, 0.4) is 0 Å². The molecule has 24 heavy (non-hydrogen) atoms. The van der Waals surface area contributed by atoms with Crippen LogP contribution in [-0.2, 0) is 17.8 Å². The van der Waals surface area contributed by atoms with Crippen LogP contribution in [0.2, 0.25) is 0 Å². The van der Waals surface area contributed by atoms with Gasteiger partial charge in [-0.25, -0.2) is 4.79 Å². The molecule has 1 atom stereocenters. The van der Waals surface area contributed by atoms with Gasteiger partial charge in [-0.3, -0.25) is 0 Å². The van der Waals surface area contributed by atoms with Crippen molar-refractivity contribution in [3.05, 3.63) is 59.7 Å². The molecule has 2 aromatic carbocycles. The Labute approximate surface area is 142 Å². The molecule has 0 saturated heterocycles. The first-order valence-electron chi connectivity index (χ1n) is 8.20. The van der Waals surface area contributed by atoms with Gasteiger partial charge in [0.2, 0.25) is 0 Å². The van der Waals surface area contributed by atoms with Crippen LogP contribution in [0.1, 0.15) is 18.1 Å². The third-order valence-electron chi connectivity index (χ3n) is 3.95. The summed E-state index contributed by atoms with van der Waals surface area (Å²) in [4.78, 5) is 12.0. The van der Waals surface area contributed by atoms with Crippen molar-refractivity contribution in [2.24, 2.45) is 0 Å². The number of hydrogen-bond donors (Lipinski definition) is 2. The average molecular weight is 326 g/mol. The Kier molecular flexibility index (Phi) is 5.33. The molecule has 1 heterocycles. The molecular weight excluding hydrogens is 304 g/mol. The average Bonchev–Trinajstić information content (AvgIpc) is 2.62. The summed E-state index contributed by atoms with van der Waals surface area (Å²) in [5, 5.41) is 5.67. The normalized spacial score (nSPS) is 16.1. The summed E-state index contributed by atoms with van der Waals surface area (Å²) in [7, 11) is 0. The molecule has 5 heteroatoms. The third-order valence-corrected chi connectivity index (χ3v) is 3.95. The number of benzene rings is 2. The fourth-order valence-electron chi connectivity index (χ4n) is 2.72. The Morgan fingerprint density at radius 3 is 2.67 bits per heavy atom. The first-order valence-corrected chi connectivity index (χ1v) is 8.20. The lowest BCUT2D eigenvalue weighted by atomic mass is 9.99. The molecule has 2 N–H and O–H groups in total. The first-order chi connectivity index (χ1) is 11.7. The van der Waals surface area contributed by atoms with Crippen molar-refractivity contribution < 1.29 is 14.3 Å². The van der Waals surface area contributed by atoms with E-state index in [0.717, 1.165) is 17.9 Å². The molecule has 5 nitrogen and oxygen atoms in total. The fraction of sp³-hybridized carbons (Fsp3) is 0.316. The van der Waals surface area contributed by atoms with Gasteiger partial charge >= 0.3 is 6.03 Å². The van der Waals surface area contributed by atoms with Gasteiger partial charge in [-0.15, -0.1) is 0 Å². The van der Waals surface area contributed by atoms with Crippen LogP contribution < -0.4 is 15.4 Å². The number of carbonyl (C=O) groups excluding carboxylic acids is 1. The van der Waals surface area contributed by atoms with Gasteiger partial charge in [-0.1, -0.05) is 24.3 Å². The number of amides is 2. The predicted octanol–water partition coefficient (Wildman–Crippen LogP) is 3.35. The molecule has 2 amide bonds. The maximum Gasteiger partial charge on any atom is 0.319 e. The molecular formula is C19H22N2O3. The van der Waals surface area contributed by atoms with E-state index in [1.807, 2.05) is 43.3 Å². The molecule has 1 aliphatic rings. The second-order valence-corrected chi connectivity index (χ2v) is 5.70. The summed E-state index contributed by atoms with van der Waals surface area (Å²) >= 11 is 0. The van der Waals surface area contributed by atoms with E-state index in [0.29, 0.717) is 19.8 Å². The van der Waals surface area contributed by atoms with Gasteiger partial charge in [0.25, 0.3) is 0 Å². The molecule has 0 saturated carbocycles. The van der Waals surface area contributed by atoms with E-state index in [-0.39, 0.29) is 12.1 Å². The summed E-state index contributed by atoms with van der Waals surface area (Å²) in [6.45, 7) is 3.64. The van der Waals surface area contributed by atoms with Crippen LogP contribution in [0.4, 0.5) is 10.5 Å². The molecule has 0 fully saturated rings. The lowest BCUT2D eigenvalue weighted by Gasteiger charge is -2.25. The lowest BCUT2D eigenvalue weighted by molar-refractivity contribution is 0.0308. The largest absolute Gasteiger partial charge is 0.494 e. The van der Waals surface area contributed by atoms with Gasteiger partial charge < -0.3 is 20.1 Å². The first kappa shape index (κ1) is 16.3. The van der Waals surface area contributed by atoms with Gasteiger partial charge in [0.1, 0.15) is 5.75 Å². The van der Waals surface area contributed by atoms with Gasteiger partial charge in [-0.05, 0) is 42.3 Å². The van der Waals surface area contributed by atoms with Crippen molar-refractivity contribution in [2.75, 3.05) is 18.5 Å². The van der Waals surface area contributed by atoms with E-state index < -0.39 is 0 Å². The van der Waals surface area contributed by atoms with Crippen LogP contribution in [0.25, 0.3) is 0 Å². The molecule has 0 spiro atoms. The van der Waals surface area contributed by atoms with E-state index in [4.69, 9.17) is 9.47 Å². The number of fused-ring (bicyclic) bond motifs is 1. The number of ether oxygens (including phenoxy) is 2. The van der Waals surface area contributed by atoms with Crippen LogP contribution in [0, 0.1) is 0 Å². The van der Waals surface area contributed by atoms with E-state index in [1.165, 1.54) is 11.1 Å². The Morgan fingerprint density at radius 2 is 1.92 bits per heavy atom. The monoisotopic (exact) mass is 326 g/mol. The molecule has 0 radical (unpaired) electrons. The number of hydrogen-bond acceptors (Lipinski definition) is 3. The molecule has 126 valence electrons. The second-order valence-electron chi connectivity index (χ2n) is 5.70. The van der Waals surface area contributed by atoms with Crippen molar-refractivity contribution >= 4 is 11.7 Å². The van der Waals surface area contributed by atoms with Crippen LogP contribution in [0.5, 0.6) is 5.75 Å². The molecule has 1 unspecified atom stereocenters. The van der Waals surface area contributed by atoms with Crippen LogP contribution >= 0.6 is 0 Å². The zero-order chi connectivity index (χ0) is 16.8. The van der Waals surface area contributed by atoms with E-state index >= 15 is 0 Å². The van der Waals surface area contributed by atoms with Gasteiger partial charge in [-0.2, -0.15) is 0 Å². The fourth-order valence-corrected chi connectivity index (χ4v) is 2.72. The minimum absolute atomic E-state index is 0.00554. The highest BCUT2D eigenvalue weighted by Crippen LogP contribution is 2.20. The van der Waals surface area contributed by atoms with Crippen molar-refractivity contribution in [1.82, 2.24) is 5.32 Å². The highest BCUT2D eigenvalue weighted by molar-refractivity contribution is 5.89. The minimum Gasteiger partial charge on any atom is -0.494 e. The number of anilines is 1. The molecule has 0 bridgehead atoms. The van der Waals surface area contributed by atoms with Gasteiger partial charge in [0, 0.05) is 18.7 Å². The highest BCUT2D eigenvalue weighted by atomic mass is 16.5. The lowest BCUT2D eigenvalue weighted by Crippen LogP contribution is -2.38. The number of nitrogens with one attached hydrogen (secondary N) is 2. The molecule has 1 aliphatic heterocycles. The van der Waals surface area contributed by atoms with E-state index in [9.17, 15) is 4.79 Å².